The number of nitrogens with zero attached hydrogens (tertiary/aromatic N) is 2. The summed E-state index contributed by atoms with van der Waals surface area (Å²) in [6, 6.07) is 24.5. The summed E-state index contributed by atoms with van der Waals surface area (Å²) in [6.07, 6.45) is 3.76. The van der Waals surface area contributed by atoms with Crippen LogP contribution in [0.2, 0.25) is 0 Å². The largest absolute Gasteiger partial charge is 0.256 e. The number of aliphatic imine (C=N–C) groups is 2. The van der Waals surface area contributed by atoms with Crippen molar-refractivity contribution in [3.8, 4) is 0 Å². The highest BCUT2D eigenvalue weighted by Gasteiger charge is 1.92. The van der Waals surface area contributed by atoms with E-state index in [1.165, 1.54) is 11.1 Å². The second-order valence-corrected chi connectivity index (χ2v) is 5.85. The van der Waals surface area contributed by atoms with Gasteiger partial charge in [0.1, 0.15) is 0 Å². The lowest BCUT2D eigenvalue weighted by Gasteiger charge is -1.98. The van der Waals surface area contributed by atoms with E-state index in [2.05, 4.69) is 60.2 Å². The first-order valence-electron chi connectivity index (χ1n) is 8.01. The second-order valence-electron chi connectivity index (χ2n) is 5.85. The van der Waals surface area contributed by atoms with Gasteiger partial charge >= 0.3 is 0 Å². The van der Waals surface area contributed by atoms with E-state index in [9.17, 15) is 0 Å². The van der Waals surface area contributed by atoms with Crippen LogP contribution in [-0.2, 0) is 0 Å². The summed E-state index contributed by atoms with van der Waals surface area (Å²) in [5.41, 5.74) is 6.55. The van der Waals surface area contributed by atoms with E-state index < -0.39 is 0 Å². The van der Waals surface area contributed by atoms with E-state index in [-0.39, 0.29) is 0 Å². The topological polar surface area (TPSA) is 24.7 Å². The van der Waals surface area contributed by atoms with Crippen LogP contribution in [-0.4, -0.2) is 12.4 Å². The van der Waals surface area contributed by atoms with Crippen LogP contribution in [0.3, 0.4) is 0 Å². The third kappa shape index (κ3) is 4.50. The molecular weight excluding hydrogens is 292 g/mol. The molecule has 0 saturated heterocycles. The Balaban J connectivity index is 1.66. The van der Waals surface area contributed by atoms with E-state index in [0.29, 0.717) is 0 Å². The van der Waals surface area contributed by atoms with Gasteiger partial charge in [-0.1, -0.05) is 59.7 Å². The third-order valence-corrected chi connectivity index (χ3v) is 3.73. The van der Waals surface area contributed by atoms with Crippen LogP contribution >= 0.6 is 0 Å². The Kier molecular flexibility index (Phi) is 4.97. The minimum Gasteiger partial charge on any atom is -0.256 e. The van der Waals surface area contributed by atoms with Gasteiger partial charge in [-0.15, -0.1) is 0 Å². The molecule has 0 bridgehead atoms. The van der Waals surface area contributed by atoms with Crippen molar-refractivity contribution in [2.24, 2.45) is 9.98 Å². The molecule has 24 heavy (non-hydrogen) atoms. The van der Waals surface area contributed by atoms with E-state index in [1.807, 2.05) is 48.8 Å². The van der Waals surface area contributed by atoms with E-state index >= 15 is 0 Å². The monoisotopic (exact) mass is 312 g/mol. The lowest BCUT2D eigenvalue weighted by Crippen LogP contribution is -1.82. The van der Waals surface area contributed by atoms with Crippen molar-refractivity contribution >= 4 is 23.8 Å². The molecule has 118 valence electrons. The van der Waals surface area contributed by atoms with Gasteiger partial charge in [-0.25, -0.2) is 0 Å². The van der Waals surface area contributed by atoms with Gasteiger partial charge < -0.3 is 0 Å². The van der Waals surface area contributed by atoms with Crippen LogP contribution in [0.25, 0.3) is 0 Å². The van der Waals surface area contributed by atoms with Crippen LogP contribution in [0, 0.1) is 13.8 Å². The van der Waals surface area contributed by atoms with Crippen LogP contribution in [0.5, 0.6) is 0 Å². The third-order valence-electron chi connectivity index (χ3n) is 3.73. The quantitative estimate of drug-likeness (QED) is 0.544. The highest BCUT2D eigenvalue weighted by molar-refractivity contribution is 5.84. The molecule has 3 aromatic rings. The molecule has 0 heterocycles. The number of benzene rings is 3. The van der Waals surface area contributed by atoms with Crippen LogP contribution < -0.4 is 0 Å². The van der Waals surface area contributed by atoms with Crippen molar-refractivity contribution in [3.05, 3.63) is 95.1 Å². The zero-order chi connectivity index (χ0) is 16.8. The zero-order valence-corrected chi connectivity index (χ0v) is 14.0. The molecule has 0 saturated carbocycles. The standard InChI is InChI=1S/C22H20N2/c1-17-3-7-19(8-4-17)15-24-22-13-9-20(10-14-22)16-23-21-11-5-18(2)6-12-21/h3-16H,1-2H3. The van der Waals surface area contributed by atoms with Crippen LogP contribution in [0.4, 0.5) is 11.4 Å². The highest BCUT2D eigenvalue weighted by Crippen LogP contribution is 2.15. The summed E-state index contributed by atoms with van der Waals surface area (Å²) in [4.78, 5) is 8.99. The summed E-state index contributed by atoms with van der Waals surface area (Å²) in [5.74, 6) is 0. The number of rotatable bonds is 4. The van der Waals surface area contributed by atoms with Gasteiger partial charge in [0.15, 0.2) is 0 Å². The molecule has 0 N–H and O–H groups in total. The first-order valence-corrected chi connectivity index (χ1v) is 8.01. The van der Waals surface area contributed by atoms with Crippen molar-refractivity contribution in [2.75, 3.05) is 0 Å². The smallest absolute Gasteiger partial charge is 0.0630 e. The molecule has 3 aromatic carbocycles. The molecule has 0 unspecified atom stereocenters. The Bertz CT molecular complexity index is 765. The molecule has 0 aliphatic rings. The summed E-state index contributed by atoms with van der Waals surface area (Å²) >= 11 is 0. The molecule has 0 spiro atoms. The van der Waals surface area contributed by atoms with Crippen LogP contribution in [0.15, 0.2) is 82.8 Å². The molecule has 0 radical (unpaired) electrons. The number of hydrogen-bond donors (Lipinski definition) is 0. The Morgan fingerprint density at radius 3 is 1.29 bits per heavy atom. The van der Waals surface area contributed by atoms with Gasteiger partial charge in [0, 0.05) is 12.4 Å². The van der Waals surface area contributed by atoms with Gasteiger partial charge in [0.2, 0.25) is 0 Å². The summed E-state index contributed by atoms with van der Waals surface area (Å²) in [6.45, 7) is 4.15. The predicted octanol–water partition coefficient (Wildman–Crippen LogP) is 5.80. The fourth-order valence-corrected chi connectivity index (χ4v) is 2.23. The molecule has 2 heteroatoms. The summed E-state index contributed by atoms with van der Waals surface area (Å²) < 4.78 is 0. The lowest BCUT2D eigenvalue weighted by molar-refractivity contribution is 1.44. The molecule has 2 nitrogen and oxygen atoms in total. The molecule has 3 rings (SSSR count). The zero-order valence-electron chi connectivity index (χ0n) is 14.0. The minimum atomic E-state index is 0.933. The number of hydrogen-bond acceptors (Lipinski definition) is 2. The Morgan fingerprint density at radius 1 is 0.500 bits per heavy atom. The summed E-state index contributed by atoms with van der Waals surface area (Å²) in [5, 5.41) is 0. The normalized spacial score (nSPS) is 11.4. The van der Waals surface area contributed by atoms with Gasteiger partial charge in [0.25, 0.3) is 0 Å². The fourth-order valence-electron chi connectivity index (χ4n) is 2.23. The van der Waals surface area contributed by atoms with E-state index in [1.54, 1.807) is 0 Å². The molecule has 0 aliphatic carbocycles. The Hall–Kier alpha value is -3.00. The highest BCUT2D eigenvalue weighted by atomic mass is 14.7. The van der Waals surface area contributed by atoms with Crippen molar-refractivity contribution in [3.63, 3.8) is 0 Å². The molecule has 0 amide bonds. The molecule has 0 atom stereocenters. The second kappa shape index (κ2) is 7.51. The maximum atomic E-state index is 4.51. The van der Waals surface area contributed by atoms with E-state index in [4.69, 9.17) is 0 Å². The van der Waals surface area contributed by atoms with Gasteiger partial charge in [-0.3, -0.25) is 9.98 Å². The Morgan fingerprint density at radius 2 is 0.833 bits per heavy atom. The van der Waals surface area contributed by atoms with E-state index in [0.717, 1.165) is 22.5 Å². The fraction of sp³-hybridized carbons (Fsp3) is 0.0909. The van der Waals surface area contributed by atoms with Crippen molar-refractivity contribution < 1.29 is 0 Å². The molecular formula is C22H20N2. The first kappa shape index (κ1) is 15.9. The molecule has 0 aromatic heterocycles. The average Bonchev–Trinajstić information content (AvgIpc) is 2.62. The van der Waals surface area contributed by atoms with Gasteiger partial charge in [-0.2, -0.15) is 0 Å². The van der Waals surface area contributed by atoms with Gasteiger partial charge in [-0.05, 0) is 49.2 Å². The molecule has 0 aliphatic heterocycles. The van der Waals surface area contributed by atoms with Gasteiger partial charge in [0.05, 0.1) is 11.4 Å². The Labute approximate surface area is 143 Å². The van der Waals surface area contributed by atoms with Crippen molar-refractivity contribution in [1.29, 1.82) is 0 Å². The molecule has 0 fully saturated rings. The maximum absolute atomic E-state index is 4.51. The predicted molar refractivity (Wildman–Crippen MR) is 103 cm³/mol. The average molecular weight is 312 g/mol. The SMILES string of the molecule is Cc1ccc(C=Nc2ccc(C=Nc3ccc(C)cc3)cc2)cc1. The first-order chi connectivity index (χ1) is 11.7. The van der Waals surface area contributed by atoms with Crippen LogP contribution in [0.1, 0.15) is 22.3 Å². The van der Waals surface area contributed by atoms with Crippen molar-refractivity contribution in [1.82, 2.24) is 0 Å². The number of aryl methyl sites for hydroxylation is 2. The lowest BCUT2D eigenvalue weighted by atomic mass is 10.2. The maximum Gasteiger partial charge on any atom is 0.0630 e. The van der Waals surface area contributed by atoms with Crippen molar-refractivity contribution in [2.45, 2.75) is 13.8 Å². The minimum absolute atomic E-state index is 0.933. The summed E-state index contributed by atoms with van der Waals surface area (Å²) in [7, 11) is 0.